The number of aromatic amines is 1. The Morgan fingerprint density at radius 3 is 2.91 bits per heavy atom. The van der Waals surface area contributed by atoms with Gasteiger partial charge in [0.25, 0.3) is 5.91 Å². The maximum atomic E-state index is 12.1. The van der Waals surface area contributed by atoms with Gasteiger partial charge in [-0.2, -0.15) is 10.2 Å². The van der Waals surface area contributed by atoms with Crippen LogP contribution in [0.1, 0.15) is 43.1 Å². The van der Waals surface area contributed by atoms with E-state index in [0.29, 0.717) is 11.6 Å². The van der Waals surface area contributed by atoms with Gasteiger partial charge in [0.05, 0.1) is 5.69 Å². The molecule has 2 N–H and O–H groups in total. The molecule has 1 aromatic carbocycles. The number of carbonyl (C=O) groups is 1. The van der Waals surface area contributed by atoms with Crippen LogP contribution < -0.4 is 5.43 Å². The summed E-state index contributed by atoms with van der Waals surface area (Å²) in [5, 5.41) is 11.2. The standard InChI is InChI=1S/C17H20N4O/c1-12-7-5-6-10-14(12)18-21-17(22)16-11-15(19-20-16)13-8-3-2-4-9-13/h2-4,8-9,11-12H,5-7,10H2,1H3,(H,19,20)(H,21,22)/t12-/m1/s1. The van der Waals surface area contributed by atoms with E-state index in [1.807, 2.05) is 30.3 Å². The van der Waals surface area contributed by atoms with Crippen molar-refractivity contribution in [3.05, 3.63) is 42.1 Å². The lowest BCUT2D eigenvalue weighted by atomic mass is 9.89. The van der Waals surface area contributed by atoms with Crippen molar-refractivity contribution in [2.75, 3.05) is 0 Å². The highest BCUT2D eigenvalue weighted by Gasteiger charge is 2.17. The monoisotopic (exact) mass is 296 g/mol. The number of hydrogen-bond donors (Lipinski definition) is 2. The second-order valence-corrected chi connectivity index (χ2v) is 5.72. The molecule has 114 valence electrons. The molecule has 1 atom stereocenters. The molecular weight excluding hydrogens is 276 g/mol. The van der Waals surface area contributed by atoms with Gasteiger partial charge in [0, 0.05) is 11.3 Å². The molecule has 1 aliphatic rings. The van der Waals surface area contributed by atoms with Gasteiger partial charge in [-0.05, 0) is 31.2 Å². The zero-order valence-electron chi connectivity index (χ0n) is 12.7. The zero-order valence-corrected chi connectivity index (χ0v) is 12.7. The Kier molecular flexibility index (Phi) is 4.32. The van der Waals surface area contributed by atoms with Crippen LogP contribution in [-0.4, -0.2) is 21.8 Å². The van der Waals surface area contributed by atoms with E-state index in [1.165, 1.54) is 6.42 Å². The SMILES string of the molecule is C[C@@H]1CCCCC1=NNC(=O)c1cc(-c2ccccc2)n[nH]1. The second-order valence-electron chi connectivity index (χ2n) is 5.72. The highest BCUT2D eigenvalue weighted by atomic mass is 16.2. The summed E-state index contributed by atoms with van der Waals surface area (Å²) in [7, 11) is 0. The average Bonchev–Trinajstić information content (AvgIpc) is 3.05. The first-order valence-electron chi connectivity index (χ1n) is 7.71. The van der Waals surface area contributed by atoms with E-state index >= 15 is 0 Å². The van der Waals surface area contributed by atoms with E-state index in [2.05, 4.69) is 27.6 Å². The van der Waals surface area contributed by atoms with E-state index in [-0.39, 0.29) is 5.91 Å². The van der Waals surface area contributed by atoms with Crippen LogP contribution >= 0.6 is 0 Å². The summed E-state index contributed by atoms with van der Waals surface area (Å²) in [4.78, 5) is 12.1. The van der Waals surface area contributed by atoms with Gasteiger partial charge in [-0.3, -0.25) is 9.89 Å². The van der Waals surface area contributed by atoms with Gasteiger partial charge < -0.3 is 0 Å². The predicted octanol–water partition coefficient (Wildman–Crippen LogP) is 3.37. The van der Waals surface area contributed by atoms with E-state index in [1.54, 1.807) is 6.07 Å². The first-order valence-corrected chi connectivity index (χ1v) is 7.71. The number of hydrazone groups is 1. The number of hydrogen-bond acceptors (Lipinski definition) is 3. The van der Waals surface area contributed by atoms with Crippen molar-refractivity contribution in [3.63, 3.8) is 0 Å². The minimum absolute atomic E-state index is 0.250. The lowest BCUT2D eigenvalue weighted by Gasteiger charge is -2.19. The summed E-state index contributed by atoms with van der Waals surface area (Å²) in [6.45, 7) is 2.16. The number of H-pyrrole nitrogens is 1. The molecule has 0 unspecified atom stereocenters. The quantitative estimate of drug-likeness (QED) is 0.852. The Balaban J connectivity index is 1.68. The van der Waals surface area contributed by atoms with Crippen molar-refractivity contribution in [2.24, 2.45) is 11.0 Å². The van der Waals surface area contributed by atoms with Crippen LogP contribution in [-0.2, 0) is 0 Å². The molecule has 0 saturated heterocycles. The summed E-state index contributed by atoms with van der Waals surface area (Å²) in [5.41, 5.74) is 5.88. The van der Waals surface area contributed by atoms with Crippen molar-refractivity contribution in [1.82, 2.24) is 15.6 Å². The summed E-state index contributed by atoms with van der Waals surface area (Å²) < 4.78 is 0. The van der Waals surface area contributed by atoms with E-state index in [4.69, 9.17) is 0 Å². The van der Waals surface area contributed by atoms with E-state index < -0.39 is 0 Å². The average molecular weight is 296 g/mol. The highest BCUT2D eigenvalue weighted by molar-refractivity contribution is 5.95. The first-order chi connectivity index (χ1) is 10.7. The number of amides is 1. The topological polar surface area (TPSA) is 70.1 Å². The third-order valence-electron chi connectivity index (χ3n) is 4.08. The van der Waals surface area contributed by atoms with Gasteiger partial charge in [-0.1, -0.05) is 43.7 Å². The van der Waals surface area contributed by atoms with Gasteiger partial charge in [0.1, 0.15) is 5.69 Å². The smallest absolute Gasteiger partial charge is 0.272 e. The van der Waals surface area contributed by atoms with Gasteiger partial charge in [0.2, 0.25) is 0 Å². The molecule has 0 radical (unpaired) electrons. The molecule has 0 bridgehead atoms. The molecule has 1 aromatic heterocycles. The van der Waals surface area contributed by atoms with Gasteiger partial charge in [-0.15, -0.1) is 0 Å². The molecule has 3 rings (SSSR count). The maximum Gasteiger partial charge on any atom is 0.289 e. The number of nitrogens with one attached hydrogen (secondary N) is 2. The second kappa shape index (κ2) is 6.56. The van der Waals surface area contributed by atoms with Crippen LogP contribution in [0.15, 0.2) is 41.5 Å². The third-order valence-corrected chi connectivity index (χ3v) is 4.08. The molecule has 5 heteroatoms. The molecule has 1 heterocycles. The maximum absolute atomic E-state index is 12.1. The van der Waals surface area contributed by atoms with Crippen LogP contribution in [0.25, 0.3) is 11.3 Å². The van der Waals surface area contributed by atoms with Crippen LogP contribution in [0.2, 0.25) is 0 Å². The fourth-order valence-electron chi connectivity index (χ4n) is 2.71. The molecule has 0 spiro atoms. The molecule has 1 fully saturated rings. The summed E-state index contributed by atoms with van der Waals surface area (Å²) in [6, 6.07) is 11.5. The fraction of sp³-hybridized carbons (Fsp3) is 0.353. The number of nitrogens with zero attached hydrogens (tertiary/aromatic N) is 2. The van der Waals surface area contributed by atoms with Crippen LogP contribution in [0, 0.1) is 5.92 Å². The molecular formula is C17H20N4O. The zero-order chi connectivity index (χ0) is 15.4. The number of aromatic nitrogens is 2. The molecule has 1 aliphatic carbocycles. The lowest BCUT2D eigenvalue weighted by molar-refractivity contribution is 0.0949. The Bertz CT molecular complexity index is 675. The van der Waals surface area contributed by atoms with Gasteiger partial charge in [0.15, 0.2) is 0 Å². The number of carbonyl (C=O) groups excluding carboxylic acids is 1. The Labute approximate surface area is 129 Å². The van der Waals surface area contributed by atoms with Crippen LogP contribution in [0.4, 0.5) is 0 Å². The van der Waals surface area contributed by atoms with Crippen molar-refractivity contribution in [1.29, 1.82) is 0 Å². The minimum atomic E-state index is -0.250. The van der Waals surface area contributed by atoms with Gasteiger partial charge in [-0.25, -0.2) is 5.43 Å². The summed E-state index contributed by atoms with van der Waals surface area (Å²) >= 11 is 0. The fourth-order valence-corrected chi connectivity index (χ4v) is 2.71. The van der Waals surface area contributed by atoms with Crippen LogP contribution in [0.3, 0.4) is 0 Å². The molecule has 1 amide bonds. The molecule has 0 aliphatic heterocycles. The molecule has 2 aromatic rings. The number of rotatable bonds is 3. The third kappa shape index (κ3) is 3.24. The van der Waals surface area contributed by atoms with Crippen molar-refractivity contribution < 1.29 is 4.79 Å². The Morgan fingerprint density at radius 1 is 1.32 bits per heavy atom. The van der Waals surface area contributed by atoms with E-state index in [9.17, 15) is 4.79 Å². The summed E-state index contributed by atoms with van der Waals surface area (Å²) in [6.07, 6.45) is 4.52. The lowest BCUT2D eigenvalue weighted by Crippen LogP contribution is -2.24. The molecule has 5 nitrogen and oxygen atoms in total. The Morgan fingerprint density at radius 2 is 2.14 bits per heavy atom. The van der Waals surface area contributed by atoms with Crippen molar-refractivity contribution >= 4 is 11.6 Å². The van der Waals surface area contributed by atoms with E-state index in [0.717, 1.165) is 36.2 Å². The summed E-state index contributed by atoms with van der Waals surface area (Å²) in [5.74, 6) is 0.204. The minimum Gasteiger partial charge on any atom is -0.272 e. The molecule has 1 saturated carbocycles. The largest absolute Gasteiger partial charge is 0.289 e. The predicted molar refractivity (Wildman–Crippen MR) is 86.6 cm³/mol. The van der Waals surface area contributed by atoms with Crippen LogP contribution in [0.5, 0.6) is 0 Å². The first kappa shape index (κ1) is 14.5. The van der Waals surface area contributed by atoms with Gasteiger partial charge >= 0.3 is 0 Å². The Hall–Kier alpha value is -2.43. The highest BCUT2D eigenvalue weighted by Crippen LogP contribution is 2.21. The van der Waals surface area contributed by atoms with Crippen molar-refractivity contribution in [3.8, 4) is 11.3 Å². The number of benzene rings is 1. The molecule has 22 heavy (non-hydrogen) atoms. The normalized spacial score (nSPS) is 20.0. The van der Waals surface area contributed by atoms with Crippen molar-refractivity contribution in [2.45, 2.75) is 32.6 Å².